The Hall–Kier alpha value is -3.12. The largest absolute Gasteiger partial charge is 0.297 e. The second kappa shape index (κ2) is 8.43. The Balaban J connectivity index is 1.84. The van der Waals surface area contributed by atoms with Crippen LogP contribution >= 0.6 is 11.3 Å². The number of carbonyl (C=O) groups excluding carboxylic acids is 3. The van der Waals surface area contributed by atoms with E-state index in [2.05, 4.69) is 18.8 Å². The van der Waals surface area contributed by atoms with Gasteiger partial charge in [-0.15, -0.1) is 11.3 Å². The predicted molar refractivity (Wildman–Crippen MR) is 126 cm³/mol. The molecule has 0 N–H and O–H groups in total. The number of aromatic nitrogens is 1. The molecule has 2 aromatic carbocycles. The van der Waals surface area contributed by atoms with Crippen LogP contribution in [0.3, 0.4) is 0 Å². The molecule has 5 nitrogen and oxygen atoms in total. The summed E-state index contributed by atoms with van der Waals surface area (Å²) in [4.78, 5) is 46.8. The Labute approximate surface area is 192 Å². The minimum absolute atomic E-state index is 0.339. The molecule has 1 amide bonds. The molecular weight excluding hydrogens is 420 g/mol. The Morgan fingerprint density at radius 3 is 2.12 bits per heavy atom. The molecule has 1 aliphatic rings. The minimum Gasteiger partial charge on any atom is -0.293 e. The van der Waals surface area contributed by atoms with Crippen molar-refractivity contribution in [3.8, 4) is 0 Å². The van der Waals surface area contributed by atoms with Crippen LogP contribution in [0.1, 0.15) is 63.4 Å². The zero-order chi connectivity index (χ0) is 23.2. The van der Waals surface area contributed by atoms with Gasteiger partial charge in [-0.3, -0.25) is 19.3 Å². The normalized spacial score (nSPS) is 18.6. The number of rotatable bonds is 5. The molecule has 0 radical (unpaired) electrons. The molecule has 1 aromatic heterocycles. The lowest BCUT2D eigenvalue weighted by Gasteiger charge is -2.25. The van der Waals surface area contributed by atoms with Crippen LogP contribution in [0.25, 0.3) is 0 Å². The lowest BCUT2D eigenvalue weighted by atomic mass is 9.85. The molecule has 2 unspecified atom stereocenters. The molecule has 4 rings (SSSR count). The number of anilines is 1. The van der Waals surface area contributed by atoms with Gasteiger partial charge in [0.15, 0.2) is 10.9 Å². The topological polar surface area (TPSA) is 67.3 Å². The van der Waals surface area contributed by atoms with Crippen molar-refractivity contribution in [1.82, 2.24) is 4.98 Å². The third kappa shape index (κ3) is 3.79. The average Bonchev–Trinajstić information content (AvgIpc) is 3.23. The number of amides is 1. The lowest BCUT2D eigenvalue weighted by Crippen LogP contribution is -2.30. The summed E-state index contributed by atoms with van der Waals surface area (Å²) in [6.07, 6.45) is 0. The molecular formula is C26H26N2O3S. The molecule has 0 bridgehead atoms. The smallest absolute Gasteiger partial charge is 0.293 e. The first-order chi connectivity index (χ1) is 15.2. The standard InChI is InChI=1S/C26H26N2O3S/c1-14(2)18-10-12-19(13-11-18)22-21(23(29)20-8-6-15(3)7-9-20)24(30)25(31)28(22)26-27-16(4)17(5)32-26/h6-14,21-22H,1-5H3. The molecule has 0 saturated carbocycles. The number of thiazole rings is 1. The van der Waals surface area contributed by atoms with Crippen LogP contribution in [0.5, 0.6) is 0 Å². The van der Waals surface area contributed by atoms with Gasteiger partial charge in [-0.05, 0) is 37.8 Å². The first-order valence-corrected chi connectivity index (χ1v) is 11.5. The SMILES string of the molecule is Cc1ccc(C(=O)C2C(=O)C(=O)N(c3nc(C)c(C)s3)C2c2ccc(C(C)C)cc2)cc1. The van der Waals surface area contributed by atoms with Gasteiger partial charge in [-0.1, -0.05) is 67.9 Å². The Bertz CT molecular complexity index is 1170. The molecule has 164 valence electrons. The van der Waals surface area contributed by atoms with Gasteiger partial charge in [0.1, 0.15) is 5.92 Å². The zero-order valence-corrected chi connectivity index (χ0v) is 19.7. The first kappa shape index (κ1) is 22.1. The van der Waals surface area contributed by atoms with Crippen LogP contribution in [0.15, 0.2) is 48.5 Å². The minimum atomic E-state index is -1.11. The average molecular weight is 447 g/mol. The molecule has 32 heavy (non-hydrogen) atoms. The van der Waals surface area contributed by atoms with Gasteiger partial charge >= 0.3 is 0 Å². The van der Waals surface area contributed by atoms with Gasteiger partial charge in [-0.2, -0.15) is 0 Å². The summed E-state index contributed by atoms with van der Waals surface area (Å²) < 4.78 is 0. The Kier molecular flexibility index (Phi) is 5.82. The number of aryl methyl sites for hydroxylation is 3. The molecule has 1 fully saturated rings. The number of benzene rings is 2. The van der Waals surface area contributed by atoms with Crippen molar-refractivity contribution in [3.63, 3.8) is 0 Å². The predicted octanol–water partition coefficient (Wildman–Crippen LogP) is 5.35. The van der Waals surface area contributed by atoms with Crippen LogP contribution < -0.4 is 4.90 Å². The maximum atomic E-state index is 13.5. The van der Waals surface area contributed by atoms with E-state index in [0.717, 1.165) is 27.3 Å². The van der Waals surface area contributed by atoms with Crippen molar-refractivity contribution in [2.45, 2.75) is 46.6 Å². The van der Waals surface area contributed by atoms with Crippen molar-refractivity contribution in [1.29, 1.82) is 0 Å². The molecule has 3 aromatic rings. The number of carbonyl (C=O) groups is 3. The third-order valence-electron chi connectivity index (χ3n) is 6.09. The summed E-state index contributed by atoms with van der Waals surface area (Å²) >= 11 is 1.37. The van der Waals surface area contributed by atoms with Gasteiger partial charge in [0.2, 0.25) is 5.78 Å². The number of hydrogen-bond donors (Lipinski definition) is 0. The molecule has 1 aliphatic heterocycles. The highest BCUT2D eigenvalue weighted by Crippen LogP contribution is 2.43. The van der Waals surface area contributed by atoms with Crippen molar-refractivity contribution >= 4 is 33.9 Å². The zero-order valence-electron chi connectivity index (χ0n) is 18.9. The number of nitrogens with zero attached hydrogens (tertiary/aromatic N) is 2. The highest BCUT2D eigenvalue weighted by atomic mass is 32.1. The van der Waals surface area contributed by atoms with Crippen molar-refractivity contribution in [2.24, 2.45) is 5.92 Å². The van der Waals surface area contributed by atoms with E-state index in [0.29, 0.717) is 16.6 Å². The molecule has 0 aliphatic carbocycles. The summed E-state index contributed by atoms with van der Waals surface area (Å²) in [5, 5.41) is 0.454. The molecule has 2 atom stereocenters. The van der Waals surface area contributed by atoms with Crippen molar-refractivity contribution in [2.75, 3.05) is 4.90 Å². The Morgan fingerprint density at radius 2 is 1.59 bits per heavy atom. The van der Waals surface area contributed by atoms with Gasteiger partial charge in [-0.25, -0.2) is 4.98 Å². The highest BCUT2D eigenvalue weighted by molar-refractivity contribution is 7.16. The molecule has 6 heteroatoms. The Morgan fingerprint density at radius 1 is 0.969 bits per heavy atom. The molecule has 0 spiro atoms. The van der Waals surface area contributed by atoms with Crippen LogP contribution in [-0.2, 0) is 9.59 Å². The number of hydrogen-bond acceptors (Lipinski definition) is 5. The van der Waals surface area contributed by atoms with Gasteiger partial charge in [0.25, 0.3) is 5.91 Å². The van der Waals surface area contributed by atoms with Crippen molar-refractivity contribution in [3.05, 3.63) is 81.4 Å². The van der Waals surface area contributed by atoms with E-state index in [1.54, 1.807) is 12.1 Å². The van der Waals surface area contributed by atoms with Crippen molar-refractivity contribution < 1.29 is 14.4 Å². The van der Waals surface area contributed by atoms with E-state index in [1.807, 2.05) is 57.2 Å². The van der Waals surface area contributed by atoms with Gasteiger partial charge in [0, 0.05) is 10.4 Å². The van der Waals surface area contributed by atoms with Gasteiger partial charge in [0.05, 0.1) is 11.7 Å². The molecule has 2 heterocycles. The van der Waals surface area contributed by atoms with E-state index in [-0.39, 0.29) is 5.78 Å². The molecule has 1 saturated heterocycles. The fourth-order valence-corrected chi connectivity index (χ4v) is 4.96. The summed E-state index contributed by atoms with van der Waals surface area (Å²) in [5.74, 6) is -2.46. The summed E-state index contributed by atoms with van der Waals surface area (Å²) in [6.45, 7) is 9.95. The first-order valence-electron chi connectivity index (χ1n) is 10.7. The fourth-order valence-electron chi connectivity index (χ4n) is 4.01. The quantitative estimate of drug-likeness (QED) is 0.301. The number of Topliss-reactive ketones (excluding diaryl/α,β-unsaturated/α-hetero) is 2. The van der Waals surface area contributed by atoms with Crippen LogP contribution in [0.2, 0.25) is 0 Å². The van der Waals surface area contributed by atoms with E-state index in [9.17, 15) is 14.4 Å². The summed E-state index contributed by atoms with van der Waals surface area (Å²) in [7, 11) is 0. The monoisotopic (exact) mass is 446 g/mol. The maximum absolute atomic E-state index is 13.5. The van der Waals surface area contributed by atoms with Gasteiger partial charge < -0.3 is 0 Å². The number of ketones is 2. The maximum Gasteiger partial charge on any atom is 0.297 e. The van der Waals surface area contributed by atoms with E-state index in [4.69, 9.17) is 0 Å². The van der Waals surface area contributed by atoms with Crippen LogP contribution in [0, 0.1) is 26.7 Å². The van der Waals surface area contributed by atoms with Crippen LogP contribution in [0.4, 0.5) is 5.13 Å². The third-order valence-corrected chi connectivity index (χ3v) is 7.16. The summed E-state index contributed by atoms with van der Waals surface area (Å²) in [6, 6.07) is 14.2. The van der Waals surface area contributed by atoms with E-state index >= 15 is 0 Å². The lowest BCUT2D eigenvalue weighted by molar-refractivity contribution is -0.135. The second-order valence-corrected chi connectivity index (χ2v) is 9.83. The summed E-state index contributed by atoms with van der Waals surface area (Å²) in [5.41, 5.74) is 4.17. The second-order valence-electron chi connectivity index (χ2n) is 8.65. The van der Waals surface area contributed by atoms with Crippen LogP contribution in [-0.4, -0.2) is 22.5 Å². The highest BCUT2D eigenvalue weighted by Gasteiger charge is 2.53. The fraction of sp³-hybridized carbons (Fsp3) is 0.308. The van der Waals surface area contributed by atoms with E-state index in [1.165, 1.54) is 16.2 Å². The van der Waals surface area contributed by atoms with E-state index < -0.39 is 23.7 Å².